The predicted octanol–water partition coefficient (Wildman–Crippen LogP) is 3.15. The Balaban J connectivity index is 0.000000837. The molecule has 0 spiro atoms. The van der Waals surface area contributed by atoms with Crippen LogP contribution < -0.4 is 4.90 Å². The van der Waals surface area contributed by atoms with Gasteiger partial charge in [0.15, 0.2) is 0 Å². The highest BCUT2D eigenvalue weighted by atomic mass is 79.9. The summed E-state index contributed by atoms with van der Waals surface area (Å²) in [6, 6.07) is 5.46. The van der Waals surface area contributed by atoms with E-state index in [-0.39, 0.29) is 27.3 Å². The van der Waals surface area contributed by atoms with Crippen molar-refractivity contribution in [3.05, 3.63) is 33.1 Å². The first kappa shape index (κ1) is 26.5. The minimum absolute atomic E-state index is 0.160. The summed E-state index contributed by atoms with van der Waals surface area (Å²) < 4.78 is 31.9. The minimum Gasteiger partial charge on any atom is -0.481 e. The standard InChI is InChI=1S/C17H17BrN2O5S3.C2H4O2/c1-2-3-6-19-12-5-4-10(18)9-11(12)13(15(19)21)14-16(22)20(17(26)27-14)7-8-28(23,24)25;1-2(3)4/h4-5,9H,2-3,6-8H2,1H3,(H,23,24,25);1H3,(H,3,4)/b14-13+;. The number of carboxylic acid groups (broad SMARTS) is 1. The monoisotopic (exact) mass is 564 g/mol. The van der Waals surface area contributed by atoms with Crippen LogP contribution in [0.1, 0.15) is 32.3 Å². The van der Waals surface area contributed by atoms with Gasteiger partial charge in [-0.3, -0.25) is 23.8 Å². The molecule has 0 saturated carbocycles. The predicted molar refractivity (Wildman–Crippen MR) is 130 cm³/mol. The van der Waals surface area contributed by atoms with Crippen LogP contribution in [0.2, 0.25) is 0 Å². The Bertz CT molecular complexity index is 1100. The van der Waals surface area contributed by atoms with E-state index in [1.54, 1.807) is 11.0 Å². The third-order valence-electron chi connectivity index (χ3n) is 4.36. The van der Waals surface area contributed by atoms with Crippen molar-refractivity contribution in [1.82, 2.24) is 4.90 Å². The zero-order valence-electron chi connectivity index (χ0n) is 17.2. The molecule has 2 aliphatic rings. The normalized spacial score (nSPS) is 18.1. The van der Waals surface area contributed by atoms with E-state index in [4.69, 9.17) is 26.7 Å². The highest BCUT2D eigenvalue weighted by Gasteiger charge is 2.42. The molecule has 13 heteroatoms. The van der Waals surface area contributed by atoms with Crippen LogP contribution in [0.4, 0.5) is 5.69 Å². The van der Waals surface area contributed by atoms with Crippen LogP contribution in [0.5, 0.6) is 0 Å². The first-order valence-electron chi connectivity index (χ1n) is 9.41. The Kier molecular flexibility index (Phi) is 8.99. The number of benzene rings is 1. The molecule has 0 aromatic heterocycles. The average molecular weight is 565 g/mol. The molecule has 1 saturated heterocycles. The number of unbranched alkanes of at least 4 members (excludes halogenated alkanes) is 1. The molecule has 1 aromatic carbocycles. The van der Waals surface area contributed by atoms with Gasteiger partial charge in [-0.15, -0.1) is 0 Å². The van der Waals surface area contributed by atoms with E-state index in [0.717, 1.165) is 46.6 Å². The van der Waals surface area contributed by atoms with Crippen LogP contribution in [0.3, 0.4) is 0 Å². The van der Waals surface area contributed by atoms with E-state index in [0.29, 0.717) is 12.1 Å². The van der Waals surface area contributed by atoms with Crippen molar-refractivity contribution in [2.75, 3.05) is 23.7 Å². The van der Waals surface area contributed by atoms with E-state index in [1.165, 1.54) is 0 Å². The van der Waals surface area contributed by atoms with Crippen LogP contribution >= 0.6 is 39.9 Å². The zero-order valence-corrected chi connectivity index (χ0v) is 21.2. The smallest absolute Gasteiger partial charge is 0.300 e. The molecule has 0 bridgehead atoms. The first-order valence-corrected chi connectivity index (χ1v) is 13.0. The summed E-state index contributed by atoms with van der Waals surface area (Å²) in [7, 11) is -4.24. The van der Waals surface area contributed by atoms with Crippen molar-refractivity contribution in [3.8, 4) is 0 Å². The van der Waals surface area contributed by atoms with Crippen molar-refractivity contribution >= 4 is 83.4 Å². The molecule has 2 amide bonds. The van der Waals surface area contributed by atoms with Crippen molar-refractivity contribution in [2.45, 2.75) is 26.7 Å². The number of hydrogen-bond donors (Lipinski definition) is 2. The van der Waals surface area contributed by atoms with E-state index in [9.17, 15) is 18.0 Å². The largest absolute Gasteiger partial charge is 0.481 e. The summed E-state index contributed by atoms with van der Waals surface area (Å²) in [6.45, 7) is 3.39. The molecule has 2 aliphatic heterocycles. The Morgan fingerprint density at radius 3 is 2.38 bits per heavy atom. The lowest BCUT2D eigenvalue weighted by Gasteiger charge is -2.16. The number of hydrogen-bond acceptors (Lipinski definition) is 7. The van der Waals surface area contributed by atoms with Crippen LogP contribution in [0, 0.1) is 0 Å². The number of carbonyl (C=O) groups excluding carboxylic acids is 2. The van der Waals surface area contributed by atoms with Gasteiger partial charge in [0, 0.05) is 30.0 Å². The molecule has 0 radical (unpaired) electrons. The summed E-state index contributed by atoms with van der Waals surface area (Å²) >= 11 is 9.59. The number of fused-ring (bicyclic) bond motifs is 1. The highest BCUT2D eigenvalue weighted by Crippen LogP contribution is 2.45. The molecule has 3 rings (SSSR count). The lowest BCUT2D eigenvalue weighted by atomic mass is 10.1. The Hall–Kier alpha value is -1.80. The number of thiocarbonyl (C=S) groups is 1. The molecular weight excluding hydrogens is 544 g/mol. The van der Waals surface area contributed by atoms with Crippen LogP contribution in [0.25, 0.3) is 5.57 Å². The molecule has 0 aliphatic carbocycles. The van der Waals surface area contributed by atoms with E-state index in [2.05, 4.69) is 15.9 Å². The maximum Gasteiger partial charge on any atom is 0.300 e. The molecule has 2 heterocycles. The fourth-order valence-electron chi connectivity index (χ4n) is 3.01. The summed E-state index contributed by atoms with van der Waals surface area (Å²) in [5.74, 6) is -2.25. The molecule has 174 valence electrons. The van der Waals surface area contributed by atoms with Gasteiger partial charge in [0.2, 0.25) is 0 Å². The van der Waals surface area contributed by atoms with Gasteiger partial charge in [0.1, 0.15) is 4.32 Å². The lowest BCUT2D eigenvalue weighted by Crippen LogP contribution is -2.33. The third kappa shape index (κ3) is 6.38. The van der Waals surface area contributed by atoms with Crippen LogP contribution in [0.15, 0.2) is 27.6 Å². The fourth-order valence-corrected chi connectivity index (χ4v) is 5.16. The number of anilines is 1. The number of rotatable bonds is 6. The zero-order chi connectivity index (χ0) is 24.2. The van der Waals surface area contributed by atoms with Gasteiger partial charge >= 0.3 is 0 Å². The van der Waals surface area contributed by atoms with Gasteiger partial charge in [0.25, 0.3) is 27.9 Å². The molecule has 0 unspecified atom stereocenters. The van der Waals surface area contributed by atoms with E-state index in [1.807, 2.05) is 19.1 Å². The molecule has 1 aromatic rings. The number of aliphatic carboxylic acids is 1. The lowest BCUT2D eigenvalue weighted by molar-refractivity contribution is -0.134. The quantitative estimate of drug-likeness (QED) is 0.303. The second-order valence-corrected chi connectivity index (χ2v) is 10.9. The first-order chi connectivity index (χ1) is 14.9. The summed E-state index contributed by atoms with van der Waals surface area (Å²) in [6.07, 6.45) is 1.74. The molecule has 0 atom stereocenters. The summed E-state index contributed by atoms with van der Waals surface area (Å²) in [5, 5.41) is 7.42. The van der Waals surface area contributed by atoms with Crippen molar-refractivity contribution < 1.29 is 32.5 Å². The number of carbonyl (C=O) groups is 3. The van der Waals surface area contributed by atoms with Crippen molar-refractivity contribution in [2.24, 2.45) is 0 Å². The molecular formula is C19H21BrN2O7S3. The maximum atomic E-state index is 13.1. The number of halogens is 1. The van der Waals surface area contributed by atoms with E-state index >= 15 is 0 Å². The van der Waals surface area contributed by atoms with Gasteiger partial charge in [-0.1, -0.05) is 53.3 Å². The Labute approximate surface area is 203 Å². The molecule has 2 N–H and O–H groups in total. The summed E-state index contributed by atoms with van der Waals surface area (Å²) in [5.41, 5.74) is 1.66. The van der Waals surface area contributed by atoms with Crippen molar-refractivity contribution in [3.63, 3.8) is 0 Å². The minimum atomic E-state index is -4.24. The van der Waals surface area contributed by atoms with Gasteiger partial charge in [-0.25, -0.2) is 0 Å². The average Bonchev–Trinajstić information content (AvgIpc) is 3.09. The number of carboxylic acids is 1. The second kappa shape index (κ2) is 10.9. The number of amides is 2. The van der Waals surface area contributed by atoms with Crippen LogP contribution in [-0.4, -0.2) is 63.9 Å². The third-order valence-corrected chi connectivity index (χ3v) is 7.00. The number of thioether (sulfide) groups is 1. The molecule has 1 fully saturated rings. The molecule has 32 heavy (non-hydrogen) atoms. The topological polar surface area (TPSA) is 132 Å². The Morgan fingerprint density at radius 2 is 1.81 bits per heavy atom. The van der Waals surface area contributed by atoms with Crippen LogP contribution in [-0.2, 0) is 24.5 Å². The summed E-state index contributed by atoms with van der Waals surface area (Å²) in [4.78, 5) is 38.0. The number of nitrogens with zero attached hydrogens (tertiary/aromatic N) is 2. The highest BCUT2D eigenvalue weighted by molar-refractivity contribution is 9.10. The van der Waals surface area contributed by atoms with E-state index < -0.39 is 27.7 Å². The molecule has 9 nitrogen and oxygen atoms in total. The van der Waals surface area contributed by atoms with Gasteiger partial charge in [0.05, 0.1) is 21.9 Å². The van der Waals surface area contributed by atoms with Gasteiger partial charge in [-0.05, 0) is 24.6 Å². The van der Waals surface area contributed by atoms with Gasteiger partial charge in [-0.2, -0.15) is 8.42 Å². The Morgan fingerprint density at radius 1 is 1.19 bits per heavy atom. The SMILES string of the molecule is CC(=O)O.CCCCN1C(=O)/C(=C2/SC(=S)N(CCS(=O)(=O)O)C2=O)c2cc(Br)ccc21. The van der Waals surface area contributed by atoms with Gasteiger partial charge < -0.3 is 10.0 Å². The van der Waals surface area contributed by atoms with Crippen molar-refractivity contribution in [1.29, 1.82) is 0 Å². The fraction of sp³-hybridized carbons (Fsp3) is 0.368. The second-order valence-electron chi connectivity index (χ2n) is 6.81. The maximum absolute atomic E-state index is 13.1.